The van der Waals surface area contributed by atoms with E-state index in [0.29, 0.717) is 22.3 Å². The molecule has 0 bridgehead atoms. The lowest BCUT2D eigenvalue weighted by Gasteiger charge is -2.09. The molecule has 0 radical (unpaired) electrons. The predicted molar refractivity (Wildman–Crippen MR) is 170 cm³/mol. The van der Waals surface area contributed by atoms with E-state index in [1.807, 2.05) is 60.7 Å². The summed E-state index contributed by atoms with van der Waals surface area (Å²) in [6.07, 6.45) is 0. The first-order valence-electron chi connectivity index (χ1n) is 13.9. The van der Waals surface area contributed by atoms with Gasteiger partial charge < -0.3 is 4.42 Å². The summed E-state index contributed by atoms with van der Waals surface area (Å²) >= 11 is 0. The minimum Gasteiger partial charge on any atom is -0.456 e. The largest absolute Gasteiger partial charge is 0.456 e. The zero-order chi connectivity index (χ0) is 28.9. The molecular formula is C38H20N4O. The molecule has 0 amide bonds. The van der Waals surface area contributed by atoms with Crippen molar-refractivity contribution in [1.29, 1.82) is 10.5 Å². The van der Waals surface area contributed by atoms with Gasteiger partial charge in [-0.3, -0.25) is 0 Å². The van der Waals surface area contributed by atoms with Gasteiger partial charge in [0.15, 0.2) is 0 Å². The van der Waals surface area contributed by atoms with Gasteiger partial charge in [0.1, 0.15) is 11.2 Å². The number of nitrogens with zero attached hydrogens (tertiary/aromatic N) is 4. The highest BCUT2D eigenvalue weighted by Gasteiger charge is 2.18. The zero-order valence-corrected chi connectivity index (χ0v) is 22.7. The Hall–Kier alpha value is -6.30. The Bertz CT molecular complexity index is 2450. The maximum absolute atomic E-state index is 9.88. The number of hydrogen-bond acceptors (Lipinski definition) is 5. The van der Waals surface area contributed by atoms with E-state index in [1.54, 1.807) is 18.2 Å². The Morgan fingerprint density at radius 3 is 1.84 bits per heavy atom. The third kappa shape index (κ3) is 3.92. The van der Waals surface area contributed by atoms with Gasteiger partial charge in [0.25, 0.3) is 0 Å². The summed E-state index contributed by atoms with van der Waals surface area (Å²) in [6, 6.07) is 44.1. The Morgan fingerprint density at radius 1 is 0.535 bits per heavy atom. The molecule has 3 heterocycles. The average molecular weight is 549 g/mol. The summed E-state index contributed by atoms with van der Waals surface area (Å²) in [6.45, 7) is 0. The van der Waals surface area contributed by atoms with Crippen LogP contribution in [-0.4, -0.2) is 9.97 Å². The second-order valence-electron chi connectivity index (χ2n) is 10.4. The summed E-state index contributed by atoms with van der Waals surface area (Å²) < 4.78 is 6.24. The molecule has 5 nitrogen and oxygen atoms in total. The quantitative estimate of drug-likeness (QED) is 0.205. The molecule has 43 heavy (non-hydrogen) atoms. The fraction of sp³-hybridized carbons (Fsp3) is 0. The zero-order valence-electron chi connectivity index (χ0n) is 22.7. The number of hydrogen-bond donors (Lipinski definition) is 0. The highest BCUT2D eigenvalue weighted by Crippen LogP contribution is 2.40. The van der Waals surface area contributed by atoms with Crippen molar-refractivity contribution in [2.75, 3.05) is 0 Å². The SMILES string of the molecule is N#Cc1cccc(C#N)c1-c1cccc2oc3ccc(-c4ccc5ccc6ccc(-c7ccccc7)nc6c5n4)cc3c12. The van der Waals surface area contributed by atoms with Gasteiger partial charge in [0.2, 0.25) is 0 Å². The Kier molecular flexibility index (Phi) is 5.50. The predicted octanol–water partition coefficient (Wildman–Crippen LogP) is 9.43. The van der Waals surface area contributed by atoms with Crippen LogP contribution in [0, 0.1) is 22.7 Å². The Labute approximate surface area is 246 Å². The van der Waals surface area contributed by atoms with E-state index in [4.69, 9.17) is 14.4 Å². The number of nitriles is 2. The van der Waals surface area contributed by atoms with E-state index in [9.17, 15) is 10.5 Å². The van der Waals surface area contributed by atoms with Crippen LogP contribution < -0.4 is 0 Å². The maximum Gasteiger partial charge on any atom is 0.136 e. The van der Waals surface area contributed by atoms with Gasteiger partial charge >= 0.3 is 0 Å². The van der Waals surface area contributed by atoms with Gasteiger partial charge in [0, 0.05) is 38.2 Å². The van der Waals surface area contributed by atoms with Crippen LogP contribution in [-0.2, 0) is 0 Å². The van der Waals surface area contributed by atoms with Crippen LogP contribution in [0.15, 0.2) is 126 Å². The second kappa shape index (κ2) is 9.66. The summed E-state index contributed by atoms with van der Waals surface area (Å²) in [4.78, 5) is 10.2. The molecular weight excluding hydrogens is 528 g/mol. The van der Waals surface area contributed by atoms with E-state index in [0.717, 1.165) is 66.2 Å². The first-order valence-corrected chi connectivity index (χ1v) is 13.9. The lowest BCUT2D eigenvalue weighted by molar-refractivity contribution is 0.669. The monoisotopic (exact) mass is 548 g/mol. The average Bonchev–Trinajstić information content (AvgIpc) is 3.46. The molecule has 5 aromatic carbocycles. The van der Waals surface area contributed by atoms with Crippen LogP contribution in [0.3, 0.4) is 0 Å². The van der Waals surface area contributed by atoms with Crippen molar-refractivity contribution in [3.63, 3.8) is 0 Å². The number of pyridine rings is 2. The molecule has 8 rings (SSSR count). The highest BCUT2D eigenvalue weighted by molar-refractivity contribution is 6.14. The van der Waals surface area contributed by atoms with E-state index < -0.39 is 0 Å². The van der Waals surface area contributed by atoms with Crippen molar-refractivity contribution in [1.82, 2.24) is 9.97 Å². The molecule has 8 aromatic rings. The third-order valence-electron chi connectivity index (χ3n) is 7.95. The molecule has 5 heteroatoms. The van der Waals surface area contributed by atoms with Crippen molar-refractivity contribution in [3.05, 3.63) is 132 Å². The molecule has 0 atom stereocenters. The first-order chi connectivity index (χ1) is 21.2. The standard InChI is InChI=1S/C38H20N4O/c39-21-27-8-4-9-28(22-40)35(27)29-10-5-11-34-36(29)30-20-26(16-19-33(30)43-34)32-18-15-25-13-12-24-14-17-31(23-6-2-1-3-7-23)41-37(24)38(25)42-32/h1-20H. The van der Waals surface area contributed by atoms with E-state index in [2.05, 4.69) is 54.6 Å². The van der Waals surface area contributed by atoms with Crippen LogP contribution in [0.2, 0.25) is 0 Å². The molecule has 198 valence electrons. The molecule has 0 spiro atoms. The molecule has 0 N–H and O–H groups in total. The molecule has 0 fully saturated rings. The van der Waals surface area contributed by atoms with Crippen molar-refractivity contribution in [3.8, 4) is 45.8 Å². The molecule has 0 unspecified atom stereocenters. The summed E-state index contributed by atoms with van der Waals surface area (Å²) in [5.41, 5.74) is 9.11. The summed E-state index contributed by atoms with van der Waals surface area (Å²) in [7, 11) is 0. The Balaban J connectivity index is 1.34. The maximum atomic E-state index is 9.88. The summed E-state index contributed by atoms with van der Waals surface area (Å²) in [5, 5.41) is 23.6. The lowest BCUT2D eigenvalue weighted by atomic mass is 9.92. The second-order valence-corrected chi connectivity index (χ2v) is 10.4. The molecule has 0 aliphatic carbocycles. The topological polar surface area (TPSA) is 86.5 Å². The number of fused-ring (bicyclic) bond motifs is 6. The molecule has 0 saturated carbocycles. The third-order valence-corrected chi connectivity index (χ3v) is 7.95. The summed E-state index contributed by atoms with van der Waals surface area (Å²) in [5.74, 6) is 0. The van der Waals surface area contributed by atoms with Crippen LogP contribution in [0.1, 0.15) is 11.1 Å². The fourth-order valence-electron chi connectivity index (χ4n) is 5.92. The highest BCUT2D eigenvalue weighted by atomic mass is 16.3. The molecule has 0 saturated heterocycles. The lowest BCUT2D eigenvalue weighted by Crippen LogP contribution is -1.91. The van der Waals surface area contributed by atoms with Crippen molar-refractivity contribution < 1.29 is 4.42 Å². The van der Waals surface area contributed by atoms with E-state index in [-0.39, 0.29) is 0 Å². The van der Waals surface area contributed by atoms with Crippen molar-refractivity contribution in [2.24, 2.45) is 0 Å². The van der Waals surface area contributed by atoms with Crippen LogP contribution in [0.5, 0.6) is 0 Å². The normalized spacial score (nSPS) is 11.2. The van der Waals surface area contributed by atoms with Crippen LogP contribution >= 0.6 is 0 Å². The molecule has 0 aliphatic rings. The molecule has 3 aromatic heterocycles. The number of furan rings is 1. The fourth-order valence-corrected chi connectivity index (χ4v) is 5.92. The van der Waals surface area contributed by atoms with Gasteiger partial charge in [-0.15, -0.1) is 0 Å². The number of rotatable bonds is 3. The van der Waals surface area contributed by atoms with Gasteiger partial charge in [-0.1, -0.05) is 72.8 Å². The number of aromatic nitrogens is 2. The molecule has 0 aliphatic heterocycles. The van der Waals surface area contributed by atoms with Gasteiger partial charge in [-0.2, -0.15) is 10.5 Å². The number of benzene rings is 5. The van der Waals surface area contributed by atoms with Crippen LogP contribution in [0.4, 0.5) is 0 Å². The minimum atomic E-state index is 0.447. The smallest absolute Gasteiger partial charge is 0.136 e. The van der Waals surface area contributed by atoms with Gasteiger partial charge in [-0.25, -0.2) is 9.97 Å². The Morgan fingerprint density at radius 2 is 1.16 bits per heavy atom. The minimum absolute atomic E-state index is 0.447. The van der Waals surface area contributed by atoms with Gasteiger partial charge in [0.05, 0.1) is 45.7 Å². The van der Waals surface area contributed by atoms with Crippen LogP contribution in [0.25, 0.3) is 77.4 Å². The van der Waals surface area contributed by atoms with Crippen molar-refractivity contribution in [2.45, 2.75) is 0 Å². The first kappa shape index (κ1) is 24.5. The van der Waals surface area contributed by atoms with Crippen molar-refractivity contribution >= 4 is 43.7 Å². The van der Waals surface area contributed by atoms with E-state index in [1.165, 1.54) is 0 Å². The van der Waals surface area contributed by atoms with Gasteiger partial charge in [-0.05, 0) is 54.1 Å². The van der Waals surface area contributed by atoms with E-state index >= 15 is 0 Å².